The maximum Gasteiger partial charge on any atom is 0.148 e. The van der Waals surface area contributed by atoms with E-state index >= 15 is 0 Å². The van der Waals surface area contributed by atoms with Crippen LogP contribution in [-0.4, -0.2) is 33.3 Å². The number of nitrogens with two attached hydrogens (primary N) is 1. The van der Waals surface area contributed by atoms with Gasteiger partial charge in [-0.15, -0.1) is 16.4 Å². The van der Waals surface area contributed by atoms with Gasteiger partial charge in [0.05, 0.1) is 16.3 Å². The Hall–Kier alpha value is -1.24. The summed E-state index contributed by atoms with van der Waals surface area (Å²) in [6, 6.07) is 0. The van der Waals surface area contributed by atoms with Gasteiger partial charge in [0.25, 0.3) is 0 Å². The Balaban J connectivity index is 1.66. The molecule has 1 atom stereocenters. The smallest absolute Gasteiger partial charge is 0.148 e. The molecule has 124 valence electrons. The van der Waals surface area contributed by atoms with E-state index < -0.39 is 6.23 Å². The number of nitrogen functional groups attached to an aromatic ring is 1. The summed E-state index contributed by atoms with van der Waals surface area (Å²) < 4.78 is 0. The van der Waals surface area contributed by atoms with Crippen LogP contribution in [0.1, 0.15) is 54.5 Å². The van der Waals surface area contributed by atoms with Crippen LogP contribution >= 0.6 is 11.3 Å². The van der Waals surface area contributed by atoms with Crippen molar-refractivity contribution in [1.29, 1.82) is 0 Å². The van der Waals surface area contributed by atoms with E-state index in [0.29, 0.717) is 11.1 Å². The third-order valence-corrected chi connectivity index (χ3v) is 7.01. The van der Waals surface area contributed by atoms with Crippen LogP contribution in [0, 0.1) is 19.3 Å². The normalized spacial score (nSPS) is 22.4. The minimum absolute atomic E-state index is 0.443. The van der Waals surface area contributed by atoms with Crippen molar-refractivity contribution < 1.29 is 5.11 Å². The van der Waals surface area contributed by atoms with Crippen LogP contribution in [0.4, 0.5) is 5.69 Å². The third-order valence-electron chi connectivity index (χ3n) is 5.88. The minimum atomic E-state index is -0.617. The lowest BCUT2D eigenvalue weighted by Gasteiger charge is -2.26. The van der Waals surface area contributed by atoms with E-state index in [9.17, 15) is 5.11 Å². The quantitative estimate of drug-likeness (QED) is 0.883. The van der Waals surface area contributed by atoms with Crippen molar-refractivity contribution in [3.8, 4) is 0 Å². The molecule has 1 aliphatic carbocycles. The molecule has 0 bridgehead atoms. The maximum atomic E-state index is 10.9. The molecule has 4 rings (SSSR count). The van der Waals surface area contributed by atoms with E-state index in [-0.39, 0.29) is 0 Å². The number of hydrogen-bond acceptors (Lipinski definition) is 6. The Bertz CT molecular complexity index is 751. The summed E-state index contributed by atoms with van der Waals surface area (Å²) in [6.07, 6.45) is 5.87. The summed E-state index contributed by atoms with van der Waals surface area (Å²) >= 11 is 1.48. The fourth-order valence-electron chi connectivity index (χ4n) is 4.33. The molecule has 1 spiro atoms. The van der Waals surface area contributed by atoms with Crippen LogP contribution in [0.25, 0.3) is 10.2 Å². The third kappa shape index (κ3) is 2.35. The average Bonchev–Trinajstić information content (AvgIpc) is 3.24. The molecule has 2 aromatic heterocycles. The summed E-state index contributed by atoms with van der Waals surface area (Å²) in [4.78, 5) is 3.86. The van der Waals surface area contributed by atoms with E-state index in [1.807, 2.05) is 13.8 Å². The van der Waals surface area contributed by atoms with Gasteiger partial charge in [0, 0.05) is 18.5 Å². The molecule has 0 amide bonds. The predicted molar refractivity (Wildman–Crippen MR) is 93.4 cm³/mol. The number of hydrogen-bond donors (Lipinski definition) is 2. The number of thiophene rings is 1. The van der Waals surface area contributed by atoms with Crippen molar-refractivity contribution in [1.82, 2.24) is 15.1 Å². The van der Waals surface area contributed by atoms with Crippen LogP contribution in [0.15, 0.2) is 0 Å². The molecule has 0 radical (unpaired) electrons. The highest BCUT2D eigenvalue weighted by atomic mass is 32.1. The van der Waals surface area contributed by atoms with Gasteiger partial charge in [0.2, 0.25) is 0 Å². The highest BCUT2D eigenvalue weighted by molar-refractivity contribution is 7.19. The largest absolute Gasteiger partial charge is 0.397 e. The number of aliphatic hydroxyl groups is 1. The lowest BCUT2D eigenvalue weighted by atomic mass is 9.86. The monoisotopic (exact) mass is 332 g/mol. The molecule has 6 heteroatoms. The number of nitrogens with zero attached hydrogens (tertiary/aromatic N) is 3. The first-order valence-electron chi connectivity index (χ1n) is 8.45. The van der Waals surface area contributed by atoms with Crippen LogP contribution in [0.3, 0.4) is 0 Å². The van der Waals surface area contributed by atoms with Gasteiger partial charge in [-0.2, -0.15) is 5.10 Å². The molecule has 2 aromatic rings. The standard InChI is InChI=1S/C17H24N4OS/c1-10-11(2)19-20-15-12(10)13(18)14(23-15)16(22)21-8-7-17(9-21)5-3-4-6-17/h16,22H,3-9,18H2,1-2H3. The zero-order valence-electron chi connectivity index (χ0n) is 13.8. The topological polar surface area (TPSA) is 75.3 Å². The van der Waals surface area contributed by atoms with Gasteiger partial charge in [-0.3, -0.25) is 4.90 Å². The zero-order valence-corrected chi connectivity index (χ0v) is 14.6. The molecular weight excluding hydrogens is 308 g/mol. The zero-order chi connectivity index (χ0) is 16.2. The Morgan fingerprint density at radius 3 is 2.70 bits per heavy atom. The minimum Gasteiger partial charge on any atom is -0.397 e. The van der Waals surface area contributed by atoms with Crippen molar-refractivity contribution in [2.24, 2.45) is 5.41 Å². The SMILES string of the molecule is Cc1nnc2sc(C(O)N3CCC4(CCCC4)C3)c(N)c2c1C. The Morgan fingerprint density at radius 2 is 1.96 bits per heavy atom. The van der Waals surface area contributed by atoms with Crippen molar-refractivity contribution in [2.45, 2.75) is 52.2 Å². The summed E-state index contributed by atoms with van der Waals surface area (Å²) in [5.41, 5.74) is 9.47. The molecule has 1 saturated heterocycles. The fraction of sp³-hybridized carbons (Fsp3) is 0.647. The Labute approximate surface area is 140 Å². The van der Waals surface area contributed by atoms with Crippen LogP contribution in [0.5, 0.6) is 0 Å². The highest BCUT2D eigenvalue weighted by Gasteiger charge is 2.42. The van der Waals surface area contributed by atoms with Gasteiger partial charge in [-0.25, -0.2) is 0 Å². The molecule has 23 heavy (non-hydrogen) atoms. The van der Waals surface area contributed by atoms with Crippen molar-refractivity contribution in [3.05, 3.63) is 16.1 Å². The van der Waals surface area contributed by atoms with Crippen molar-refractivity contribution >= 4 is 27.2 Å². The number of aromatic nitrogens is 2. The number of likely N-dealkylation sites (tertiary alicyclic amines) is 1. The van der Waals surface area contributed by atoms with E-state index in [0.717, 1.165) is 39.4 Å². The first-order valence-corrected chi connectivity index (χ1v) is 9.26. The van der Waals surface area contributed by atoms with Crippen molar-refractivity contribution in [2.75, 3.05) is 18.8 Å². The average molecular weight is 332 g/mol. The molecule has 3 N–H and O–H groups in total. The lowest BCUT2D eigenvalue weighted by molar-refractivity contribution is 0.0143. The second kappa shape index (κ2) is 5.40. The van der Waals surface area contributed by atoms with Crippen LogP contribution < -0.4 is 5.73 Å². The molecule has 1 unspecified atom stereocenters. The van der Waals surface area contributed by atoms with Gasteiger partial charge >= 0.3 is 0 Å². The molecule has 3 heterocycles. The molecular formula is C17H24N4OS. The molecule has 1 saturated carbocycles. The lowest BCUT2D eigenvalue weighted by Crippen LogP contribution is -2.29. The van der Waals surface area contributed by atoms with E-state index in [1.54, 1.807) is 0 Å². The van der Waals surface area contributed by atoms with Crippen LogP contribution in [0.2, 0.25) is 0 Å². The number of aliphatic hydroxyl groups excluding tert-OH is 1. The highest BCUT2D eigenvalue weighted by Crippen LogP contribution is 2.48. The fourth-order valence-corrected chi connectivity index (χ4v) is 5.45. The maximum absolute atomic E-state index is 10.9. The molecule has 2 fully saturated rings. The second-order valence-electron chi connectivity index (χ2n) is 7.27. The van der Waals surface area contributed by atoms with E-state index in [1.165, 1.54) is 43.4 Å². The number of rotatable bonds is 2. The van der Waals surface area contributed by atoms with Crippen molar-refractivity contribution in [3.63, 3.8) is 0 Å². The number of fused-ring (bicyclic) bond motifs is 1. The molecule has 5 nitrogen and oxygen atoms in total. The molecule has 2 aliphatic rings. The second-order valence-corrected chi connectivity index (χ2v) is 8.30. The van der Waals surface area contributed by atoms with Gasteiger partial charge in [0.1, 0.15) is 11.1 Å². The number of anilines is 1. The summed E-state index contributed by atoms with van der Waals surface area (Å²) in [5, 5.41) is 20.3. The summed E-state index contributed by atoms with van der Waals surface area (Å²) in [5.74, 6) is 0. The molecule has 1 aliphatic heterocycles. The van der Waals surface area contributed by atoms with Gasteiger partial charge in [0.15, 0.2) is 0 Å². The first kappa shape index (κ1) is 15.3. The number of aryl methyl sites for hydroxylation is 2. The Morgan fingerprint density at radius 1 is 1.22 bits per heavy atom. The predicted octanol–water partition coefficient (Wildman–Crippen LogP) is 3.15. The summed E-state index contributed by atoms with van der Waals surface area (Å²) in [6.45, 7) is 5.92. The van der Waals surface area contributed by atoms with Gasteiger partial charge in [-0.05, 0) is 44.1 Å². The molecule has 0 aromatic carbocycles. The Kier molecular flexibility index (Phi) is 3.59. The van der Waals surface area contributed by atoms with Gasteiger partial charge in [-0.1, -0.05) is 12.8 Å². The summed E-state index contributed by atoms with van der Waals surface area (Å²) in [7, 11) is 0. The van der Waals surface area contributed by atoms with E-state index in [4.69, 9.17) is 5.73 Å². The van der Waals surface area contributed by atoms with Crippen LogP contribution in [-0.2, 0) is 0 Å². The van der Waals surface area contributed by atoms with E-state index in [2.05, 4.69) is 15.1 Å². The van der Waals surface area contributed by atoms with Gasteiger partial charge < -0.3 is 10.8 Å². The first-order chi connectivity index (χ1) is 11.0.